The van der Waals surface area contributed by atoms with Crippen molar-refractivity contribution < 1.29 is 8.42 Å². The third-order valence-corrected chi connectivity index (χ3v) is 7.50. The van der Waals surface area contributed by atoms with Gasteiger partial charge < -0.3 is 5.32 Å². The standard InChI is InChI=1S/C21H14ClN5O2S3/c22-16-3-1-14(2-4-16)19-13-31-20(26-19)15(11-23)12-25-17-5-7-18(8-6-17)32(28,29)27-21-24-9-10-30-21/h1-10,12-13,25H,(H,24,27). The summed E-state index contributed by atoms with van der Waals surface area (Å²) < 4.78 is 27.2. The Balaban J connectivity index is 1.47. The summed E-state index contributed by atoms with van der Waals surface area (Å²) in [5.74, 6) is 0. The van der Waals surface area contributed by atoms with Gasteiger partial charge in [0, 0.05) is 39.4 Å². The Morgan fingerprint density at radius 3 is 2.50 bits per heavy atom. The molecule has 2 heterocycles. The zero-order valence-corrected chi connectivity index (χ0v) is 19.4. The molecule has 0 radical (unpaired) electrons. The number of aromatic nitrogens is 2. The first-order valence-electron chi connectivity index (χ1n) is 9.05. The van der Waals surface area contributed by atoms with Crippen molar-refractivity contribution in [2.24, 2.45) is 0 Å². The lowest BCUT2D eigenvalue weighted by Crippen LogP contribution is -2.12. The van der Waals surface area contributed by atoms with Gasteiger partial charge in [-0.05, 0) is 36.4 Å². The third-order valence-electron chi connectivity index (χ3n) is 4.20. The van der Waals surface area contributed by atoms with Gasteiger partial charge in [0.25, 0.3) is 10.0 Å². The molecule has 32 heavy (non-hydrogen) atoms. The largest absolute Gasteiger partial charge is 0.360 e. The minimum atomic E-state index is -3.72. The lowest BCUT2D eigenvalue weighted by molar-refractivity contribution is 0.601. The summed E-state index contributed by atoms with van der Waals surface area (Å²) in [5.41, 5.74) is 2.65. The molecular formula is C21H14ClN5O2S3. The maximum absolute atomic E-state index is 12.4. The maximum atomic E-state index is 12.4. The highest BCUT2D eigenvalue weighted by Gasteiger charge is 2.15. The highest BCUT2D eigenvalue weighted by Crippen LogP contribution is 2.27. The van der Waals surface area contributed by atoms with Gasteiger partial charge in [-0.15, -0.1) is 22.7 Å². The molecule has 0 amide bonds. The molecule has 0 aliphatic rings. The number of rotatable bonds is 7. The Kier molecular flexibility index (Phi) is 6.53. The fraction of sp³-hybridized carbons (Fsp3) is 0. The van der Waals surface area contributed by atoms with Crippen LogP contribution in [-0.4, -0.2) is 18.4 Å². The molecule has 2 N–H and O–H groups in total. The number of halogens is 1. The first kappa shape index (κ1) is 22.0. The van der Waals surface area contributed by atoms with Crippen LogP contribution in [0.3, 0.4) is 0 Å². The highest BCUT2D eigenvalue weighted by molar-refractivity contribution is 7.93. The highest BCUT2D eigenvalue weighted by atomic mass is 35.5. The Labute approximate surface area is 197 Å². The van der Waals surface area contributed by atoms with Gasteiger partial charge in [-0.3, -0.25) is 4.72 Å². The second-order valence-corrected chi connectivity index (χ2v) is 10.2. The number of sulfonamides is 1. The summed E-state index contributed by atoms with van der Waals surface area (Å²) in [6.45, 7) is 0. The molecule has 0 aliphatic heterocycles. The smallest absolute Gasteiger partial charge is 0.263 e. The molecule has 4 rings (SSSR count). The molecule has 2 aromatic heterocycles. The number of hydrogen-bond acceptors (Lipinski definition) is 8. The molecule has 0 saturated heterocycles. The summed E-state index contributed by atoms with van der Waals surface area (Å²) in [6.07, 6.45) is 3.07. The Hall–Kier alpha value is -3.23. The zero-order chi connectivity index (χ0) is 22.6. The Morgan fingerprint density at radius 2 is 1.84 bits per heavy atom. The van der Waals surface area contributed by atoms with Crippen LogP contribution in [0.25, 0.3) is 16.8 Å². The maximum Gasteiger partial charge on any atom is 0.263 e. The molecule has 4 aromatic rings. The van der Waals surface area contributed by atoms with Crippen molar-refractivity contribution in [3.8, 4) is 17.3 Å². The van der Waals surface area contributed by atoms with Crippen LogP contribution in [0, 0.1) is 11.3 Å². The van der Waals surface area contributed by atoms with Gasteiger partial charge in [0.2, 0.25) is 0 Å². The first-order valence-corrected chi connectivity index (χ1v) is 12.7. The fourth-order valence-electron chi connectivity index (χ4n) is 2.63. The minimum absolute atomic E-state index is 0.107. The lowest BCUT2D eigenvalue weighted by atomic mass is 10.2. The molecule has 160 valence electrons. The number of nitrogens with one attached hydrogen (secondary N) is 2. The van der Waals surface area contributed by atoms with Crippen LogP contribution in [0.15, 0.2) is 76.6 Å². The van der Waals surface area contributed by atoms with Gasteiger partial charge >= 0.3 is 0 Å². The zero-order valence-electron chi connectivity index (χ0n) is 16.2. The van der Waals surface area contributed by atoms with Crippen LogP contribution in [0.2, 0.25) is 5.02 Å². The summed E-state index contributed by atoms with van der Waals surface area (Å²) in [5, 5.41) is 17.6. The van der Waals surface area contributed by atoms with E-state index in [2.05, 4.69) is 26.1 Å². The average Bonchev–Trinajstić information content (AvgIpc) is 3.47. The normalized spacial score (nSPS) is 11.7. The topological polar surface area (TPSA) is 108 Å². The van der Waals surface area contributed by atoms with Crippen LogP contribution >= 0.6 is 34.3 Å². The average molecular weight is 500 g/mol. The van der Waals surface area contributed by atoms with Gasteiger partial charge in [0.05, 0.1) is 10.6 Å². The van der Waals surface area contributed by atoms with Crippen LogP contribution in [0.5, 0.6) is 0 Å². The van der Waals surface area contributed by atoms with E-state index in [1.807, 2.05) is 17.5 Å². The van der Waals surface area contributed by atoms with E-state index in [-0.39, 0.29) is 4.90 Å². The second-order valence-electron chi connectivity index (χ2n) is 6.33. The Bertz CT molecular complexity index is 1390. The minimum Gasteiger partial charge on any atom is -0.360 e. The SMILES string of the molecule is N#CC(=CNc1ccc(S(=O)(=O)Nc2nccs2)cc1)c1nc(-c2ccc(Cl)cc2)cs1. The van der Waals surface area contributed by atoms with Crippen LogP contribution in [0.4, 0.5) is 10.8 Å². The molecule has 2 aromatic carbocycles. The number of hydrogen-bond donors (Lipinski definition) is 2. The molecule has 0 spiro atoms. The molecule has 11 heteroatoms. The molecule has 0 unspecified atom stereocenters. The van der Waals surface area contributed by atoms with E-state index in [1.165, 1.54) is 41.0 Å². The quantitative estimate of drug-likeness (QED) is 0.316. The van der Waals surface area contributed by atoms with Crippen molar-refractivity contribution in [1.29, 1.82) is 5.26 Å². The van der Waals surface area contributed by atoms with E-state index < -0.39 is 10.0 Å². The predicted octanol–water partition coefficient (Wildman–Crippen LogP) is 5.70. The van der Waals surface area contributed by atoms with E-state index in [0.29, 0.717) is 26.4 Å². The number of benzene rings is 2. The van der Waals surface area contributed by atoms with E-state index in [9.17, 15) is 13.7 Å². The van der Waals surface area contributed by atoms with Crippen molar-refractivity contribution in [2.75, 3.05) is 10.0 Å². The lowest BCUT2D eigenvalue weighted by Gasteiger charge is -2.06. The number of anilines is 2. The first-order chi connectivity index (χ1) is 15.4. The van der Waals surface area contributed by atoms with Crippen molar-refractivity contribution in [3.05, 3.63) is 81.7 Å². The van der Waals surface area contributed by atoms with E-state index in [4.69, 9.17) is 11.6 Å². The number of allylic oxidation sites excluding steroid dienone is 1. The summed E-state index contributed by atoms with van der Waals surface area (Å²) in [6, 6.07) is 15.6. The van der Waals surface area contributed by atoms with Gasteiger partial charge in [0.1, 0.15) is 16.6 Å². The number of nitriles is 1. The molecule has 0 aliphatic carbocycles. The van der Waals surface area contributed by atoms with Gasteiger partial charge in [-0.25, -0.2) is 18.4 Å². The predicted molar refractivity (Wildman–Crippen MR) is 129 cm³/mol. The van der Waals surface area contributed by atoms with E-state index >= 15 is 0 Å². The number of thiazole rings is 2. The molecule has 7 nitrogen and oxygen atoms in total. The fourth-order valence-corrected chi connectivity index (χ4v) is 5.34. The monoisotopic (exact) mass is 499 g/mol. The summed E-state index contributed by atoms with van der Waals surface area (Å²) in [4.78, 5) is 8.56. The van der Waals surface area contributed by atoms with Gasteiger partial charge in [0.15, 0.2) is 5.13 Å². The Morgan fingerprint density at radius 1 is 1.09 bits per heavy atom. The molecule has 0 bridgehead atoms. The van der Waals surface area contributed by atoms with Gasteiger partial charge in [-0.2, -0.15) is 5.26 Å². The van der Waals surface area contributed by atoms with Crippen LogP contribution in [0.1, 0.15) is 5.01 Å². The van der Waals surface area contributed by atoms with Crippen molar-refractivity contribution >= 4 is 60.7 Å². The molecular weight excluding hydrogens is 486 g/mol. The van der Waals surface area contributed by atoms with E-state index in [1.54, 1.807) is 35.8 Å². The summed E-state index contributed by atoms with van der Waals surface area (Å²) >= 11 is 8.48. The number of nitrogens with zero attached hydrogens (tertiary/aromatic N) is 3. The van der Waals surface area contributed by atoms with Crippen molar-refractivity contribution in [3.63, 3.8) is 0 Å². The molecule has 0 saturated carbocycles. The van der Waals surface area contributed by atoms with Crippen LogP contribution < -0.4 is 10.0 Å². The third kappa shape index (κ3) is 5.15. The molecule has 0 fully saturated rings. The van der Waals surface area contributed by atoms with Crippen molar-refractivity contribution in [2.45, 2.75) is 4.90 Å². The van der Waals surface area contributed by atoms with Crippen LogP contribution in [-0.2, 0) is 10.0 Å². The van der Waals surface area contributed by atoms with Gasteiger partial charge in [-0.1, -0.05) is 23.7 Å². The van der Waals surface area contributed by atoms with Crippen molar-refractivity contribution in [1.82, 2.24) is 9.97 Å². The molecule has 0 atom stereocenters. The second kappa shape index (κ2) is 9.50. The van der Waals surface area contributed by atoms with E-state index in [0.717, 1.165) is 11.3 Å². The summed E-state index contributed by atoms with van der Waals surface area (Å²) in [7, 11) is -3.72.